The van der Waals surface area contributed by atoms with Crippen LogP contribution in [0.25, 0.3) is 0 Å². The number of aliphatic hydroxyl groups excluding tert-OH is 1. The first-order valence-corrected chi connectivity index (χ1v) is 5.78. The summed E-state index contributed by atoms with van der Waals surface area (Å²) in [5.74, 6) is 0. The molecule has 0 amide bonds. The van der Waals surface area contributed by atoms with Crippen molar-refractivity contribution in [1.82, 2.24) is 4.90 Å². The van der Waals surface area contributed by atoms with E-state index in [1.807, 2.05) is 19.0 Å². The fraction of sp³-hybridized carbons (Fsp3) is 0.538. The van der Waals surface area contributed by atoms with Gasteiger partial charge in [-0.1, -0.05) is 12.1 Å². The van der Waals surface area contributed by atoms with Gasteiger partial charge in [-0.15, -0.1) is 0 Å². The average molecular weight is 261 g/mol. The van der Waals surface area contributed by atoms with E-state index in [2.05, 4.69) is 0 Å². The van der Waals surface area contributed by atoms with Gasteiger partial charge in [0.25, 0.3) is 0 Å². The van der Waals surface area contributed by atoms with Crippen molar-refractivity contribution in [3.8, 4) is 0 Å². The monoisotopic (exact) mass is 261 g/mol. The molecule has 18 heavy (non-hydrogen) atoms. The Kier molecular flexibility index (Phi) is 5.16. The van der Waals surface area contributed by atoms with Crippen LogP contribution in [-0.2, 0) is 12.6 Å². The summed E-state index contributed by atoms with van der Waals surface area (Å²) in [7, 11) is 3.82. The lowest BCUT2D eigenvalue weighted by atomic mass is 10.0. The Morgan fingerprint density at radius 3 is 2.17 bits per heavy atom. The lowest BCUT2D eigenvalue weighted by molar-refractivity contribution is -0.137. The molecule has 1 atom stereocenters. The minimum atomic E-state index is -4.30. The van der Waals surface area contributed by atoms with E-state index in [1.54, 1.807) is 0 Å². The van der Waals surface area contributed by atoms with E-state index in [0.717, 1.165) is 18.7 Å². The highest BCUT2D eigenvalue weighted by molar-refractivity contribution is 5.25. The molecule has 102 valence electrons. The van der Waals surface area contributed by atoms with E-state index in [0.29, 0.717) is 18.4 Å². The smallest absolute Gasteiger partial charge is 0.393 e. The van der Waals surface area contributed by atoms with Crippen molar-refractivity contribution in [1.29, 1.82) is 0 Å². The molecule has 0 aromatic heterocycles. The summed E-state index contributed by atoms with van der Waals surface area (Å²) in [6.07, 6.45) is -3.84. The third kappa shape index (κ3) is 5.06. The van der Waals surface area contributed by atoms with Crippen LogP contribution >= 0.6 is 0 Å². The largest absolute Gasteiger partial charge is 0.416 e. The Bertz CT molecular complexity index is 359. The van der Waals surface area contributed by atoms with Gasteiger partial charge in [0, 0.05) is 0 Å². The van der Waals surface area contributed by atoms with Gasteiger partial charge < -0.3 is 10.0 Å². The Labute approximate surface area is 105 Å². The van der Waals surface area contributed by atoms with E-state index >= 15 is 0 Å². The first kappa shape index (κ1) is 15.0. The van der Waals surface area contributed by atoms with Crippen LogP contribution in [0, 0.1) is 0 Å². The number of aliphatic hydroxyl groups is 1. The second-order valence-corrected chi connectivity index (χ2v) is 4.64. The van der Waals surface area contributed by atoms with Gasteiger partial charge in [0.2, 0.25) is 0 Å². The van der Waals surface area contributed by atoms with Gasteiger partial charge in [-0.05, 0) is 51.2 Å². The SMILES string of the molecule is CN(C)CCC(O)Cc1ccc(C(F)(F)F)cc1. The molecule has 0 heterocycles. The second kappa shape index (κ2) is 6.20. The molecule has 5 heteroatoms. The molecule has 1 aromatic carbocycles. The van der Waals surface area contributed by atoms with Crippen LogP contribution in [0.15, 0.2) is 24.3 Å². The van der Waals surface area contributed by atoms with Gasteiger partial charge in [-0.2, -0.15) is 13.2 Å². The minimum Gasteiger partial charge on any atom is -0.393 e. The minimum absolute atomic E-state index is 0.381. The molecule has 1 unspecified atom stereocenters. The summed E-state index contributed by atoms with van der Waals surface area (Å²) in [6.45, 7) is 0.752. The molecule has 0 saturated carbocycles. The van der Waals surface area contributed by atoms with Crippen LogP contribution in [0.4, 0.5) is 13.2 Å². The molecule has 0 fully saturated rings. The number of rotatable bonds is 5. The molecular formula is C13H18F3NO. The van der Waals surface area contributed by atoms with Crippen LogP contribution in [-0.4, -0.2) is 36.8 Å². The molecule has 1 N–H and O–H groups in total. The molecule has 2 nitrogen and oxygen atoms in total. The van der Waals surface area contributed by atoms with Gasteiger partial charge in [0.1, 0.15) is 0 Å². The summed E-state index contributed by atoms with van der Waals surface area (Å²) in [5, 5.41) is 9.73. The second-order valence-electron chi connectivity index (χ2n) is 4.64. The predicted octanol–water partition coefficient (Wildman–Crippen LogP) is 2.56. The van der Waals surface area contributed by atoms with Crippen LogP contribution < -0.4 is 0 Å². The van der Waals surface area contributed by atoms with Crippen LogP contribution in [0.5, 0.6) is 0 Å². The summed E-state index contributed by atoms with van der Waals surface area (Å²) < 4.78 is 37.0. The topological polar surface area (TPSA) is 23.5 Å². The standard InChI is InChI=1S/C13H18F3NO/c1-17(2)8-7-12(18)9-10-3-5-11(6-4-10)13(14,15)16/h3-6,12,18H,7-9H2,1-2H3. The molecular weight excluding hydrogens is 243 g/mol. The van der Waals surface area contributed by atoms with Crippen molar-refractivity contribution in [2.45, 2.75) is 25.1 Å². The average Bonchev–Trinajstić information content (AvgIpc) is 2.26. The van der Waals surface area contributed by atoms with Crippen LogP contribution in [0.3, 0.4) is 0 Å². The highest BCUT2D eigenvalue weighted by atomic mass is 19.4. The summed E-state index contributed by atoms with van der Waals surface area (Å²) in [4.78, 5) is 1.95. The highest BCUT2D eigenvalue weighted by Crippen LogP contribution is 2.29. The van der Waals surface area contributed by atoms with Gasteiger partial charge in [-0.25, -0.2) is 0 Å². The molecule has 0 saturated heterocycles. The van der Waals surface area contributed by atoms with Gasteiger partial charge >= 0.3 is 6.18 Å². The highest BCUT2D eigenvalue weighted by Gasteiger charge is 2.29. The van der Waals surface area contributed by atoms with Crippen molar-refractivity contribution in [2.75, 3.05) is 20.6 Å². The Hall–Kier alpha value is -1.07. The first-order valence-electron chi connectivity index (χ1n) is 5.78. The van der Waals surface area contributed by atoms with Crippen molar-refractivity contribution >= 4 is 0 Å². The van der Waals surface area contributed by atoms with Gasteiger partial charge in [0.05, 0.1) is 11.7 Å². The maximum Gasteiger partial charge on any atom is 0.416 e. The van der Waals surface area contributed by atoms with Crippen LogP contribution in [0.2, 0.25) is 0 Å². The zero-order chi connectivity index (χ0) is 13.8. The molecule has 0 radical (unpaired) electrons. The summed E-state index contributed by atoms with van der Waals surface area (Å²) in [6, 6.07) is 4.94. The summed E-state index contributed by atoms with van der Waals surface area (Å²) in [5.41, 5.74) is 0.0586. The lowest BCUT2D eigenvalue weighted by Gasteiger charge is -2.14. The lowest BCUT2D eigenvalue weighted by Crippen LogP contribution is -2.20. The first-order chi connectivity index (χ1) is 8.29. The fourth-order valence-corrected chi connectivity index (χ4v) is 1.61. The number of hydrogen-bond donors (Lipinski definition) is 1. The molecule has 0 aliphatic heterocycles. The third-order valence-corrected chi connectivity index (χ3v) is 2.66. The normalized spacial score (nSPS) is 13.9. The van der Waals surface area contributed by atoms with Crippen molar-refractivity contribution < 1.29 is 18.3 Å². The summed E-state index contributed by atoms with van der Waals surface area (Å²) >= 11 is 0. The maximum absolute atomic E-state index is 12.3. The molecule has 1 aromatic rings. The number of benzene rings is 1. The number of hydrogen-bond acceptors (Lipinski definition) is 2. The quantitative estimate of drug-likeness (QED) is 0.880. The predicted molar refractivity (Wildman–Crippen MR) is 64.3 cm³/mol. The fourth-order valence-electron chi connectivity index (χ4n) is 1.61. The Balaban J connectivity index is 2.53. The van der Waals surface area contributed by atoms with E-state index in [4.69, 9.17) is 0 Å². The molecule has 0 aliphatic carbocycles. The van der Waals surface area contributed by atoms with Crippen LogP contribution in [0.1, 0.15) is 17.5 Å². The molecule has 1 rings (SSSR count). The number of halogens is 3. The zero-order valence-electron chi connectivity index (χ0n) is 10.5. The van der Waals surface area contributed by atoms with Crippen molar-refractivity contribution in [3.63, 3.8) is 0 Å². The van der Waals surface area contributed by atoms with E-state index < -0.39 is 17.8 Å². The molecule has 0 bridgehead atoms. The van der Waals surface area contributed by atoms with E-state index in [9.17, 15) is 18.3 Å². The third-order valence-electron chi connectivity index (χ3n) is 2.66. The number of nitrogens with zero attached hydrogens (tertiary/aromatic N) is 1. The van der Waals surface area contributed by atoms with Gasteiger partial charge in [-0.3, -0.25) is 0 Å². The molecule has 0 aliphatic rings. The van der Waals surface area contributed by atoms with Gasteiger partial charge in [0.15, 0.2) is 0 Å². The van der Waals surface area contributed by atoms with E-state index in [-0.39, 0.29) is 0 Å². The molecule has 0 spiro atoms. The maximum atomic E-state index is 12.3. The number of alkyl halides is 3. The zero-order valence-corrected chi connectivity index (χ0v) is 10.5. The van der Waals surface area contributed by atoms with Crippen molar-refractivity contribution in [3.05, 3.63) is 35.4 Å². The Morgan fingerprint density at radius 2 is 1.72 bits per heavy atom. The van der Waals surface area contributed by atoms with Crippen molar-refractivity contribution in [2.24, 2.45) is 0 Å². The van der Waals surface area contributed by atoms with E-state index in [1.165, 1.54) is 12.1 Å². The Morgan fingerprint density at radius 1 is 1.17 bits per heavy atom.